The Kier molecular flexibility index (Phi) is 11.3. The first-order valence-corrected chi connectivity index (χ1v) is 14.3. The molecule has 0 spiro atoms. The van der Waals surface area contributed by atoms with Crippen molar-refractivity contribution in [1.29, 1.82) is 0 Å². The summed E-state index contributed by atoms with van der Waals surface area (Å²) >= 11 is 1.11. The third kappa shape index (κ3) is 8.58. The number of Topliss-reactive ketones (excluding diaryl/α,β-unsaturated/α-hetero) is 1. The van der Waals surface area contributed by atoms with Crippen LogP contribution in [-0.4, -0.2) is 77.9 Å². The van der Waals surface area contributed by atoms with Gasteiger partial charge in [-0.15, -0.1) is 11.3 Å². The van der Waals surface area contributed by atoms with E-state index in [2.05, 4.69) is 10.3 Å². The van der Waals surface area contributed by atoms with Gasteiger partial charge in [0.1, 0.15) is 5.01 Å². The number of hydrogen-bond acceptors (Lipinski definition) is 10. The second-order valence-electron chi connectivity index (χ2n) is 10.5. The number of ketones is 1. The number of benzene rings is 1. The van der Waals surface area contributed by atoms with Gasteiger partial charge < -0.3 is 37.1 Å². The van der Waals surface area contributed by atoms with Crippen molar-refractivity contribution in [2.75, 3.05) is 26.2 Å². The van der Waals surface area contributed by atoms with E-state index in [4.69, 9.17) is 21.9 Å². The van der Waals surface area contributed by atoms with Crippen molar-refractivity contribution in [3.05, 3.63) is 46.1 Å². The Morgan fingerprint density at radius 2 is 1.79 bits per heavy atom. The molecule has 8 N–H and O–H groups in total. The van der Waals surface area contributed by atoms with E-state index in [9.17, 15) is 32.6 Å². The zero-order valence-electron chi connectivity index (χ0n) is 23.4. The molecule has 11 nitrogen and oxygen atoms in total. The predicted octanol–water partition coefficient (Wildman–Crippen LogP) is -0.193. The molecule has 2 aromatic rings. The molecule has 1 aromatic carbocycles. The summed E-state index contributed by atoms with van der Waals surface area (Å²) in [5.41, 5.74) is 16.3. The molecule has 0 radical (unpaired) electrons. The minimum atomic E-state index is -4.52. The van der Waals surface area contributed by atoms with Gasteiger partial charge in [0, 0.05) is 32.6 Å². The summed E-state index contributed by atoms with van der Waals surface area (Å²) in [5, 5.41) is 13.2. The van der Waals surface area contributed by atoms with Crippen LogP contribution in [0.15, 0.2) is 24.3 Å². The Morgan fingerprint density at radius 3 is 2.33 bits per heavy atom. The molecule has 2 atom stereocenters. The van der Waals surface area contributed by atoms with Crippen LogP contribution in [0.3, 0.4) is 0 Å². The number of nitrogens with zero attached hydrogens (tertiary/aromatic N) is 2. The van der Waals surface area contributed by atoms with Gasteiger partial charge in [0.2, 0.25) is 11.8 Å². The van der Waals surface area contributed by atoms with Crippen LogP contribution < -0.4 is 27.3 Å². The van der Waals surface area contributed by atoms with Crippen LogP contribution in [-0.2, 0) is 43.7 Å². The minimum Gasteiger partial charge on any atom is -0.422 e. The number of rotatable bonds is 14. The summed E-state index contributed by atoms with van der Waals surface area (Å²) in [4.78, 5) is 44.9. The second kappa shape index (κ2) is 14.1. The maximum atomic E-state index is 13.4. The van der Waals surface area contributed by atoms with Crippen LogP contribution in [0.4, 0.5) is 13.2 Å². The molecule has 16 heteroatoms. The number of amides is 2. The number of aromatic nitrogens is 1. The van der Waals surface area contributed by atoms with Crippen molar-refractivity contribution in [2.24, 2.45) is 17.2 Å². The lowest BCUT2D eigenvalue weighted by Gasteiger charge is -2.23. The summed E-state index contributed by atoms with van der Waals surface area (Å²) in [6.07, 6.45) is -4.88. The van der Waals surface area contributed by atoms with E-state index in [1.165, 1.54) is 17.0 Å². The van der Waals surface area contributed by atoms with Gasteiger partial charge in [-0.05, 0) is 44.4 Å². The van der Waals surface area contributed by atoms with Crippen LogP contribution >= 0.6 is 11.3 Å². The first-order valence-electron chi connectivity index (χ1n) is 13.4. The topological polar surface area (TPSA) is 187 Å². The molecule has 0 bridgehead atoms. The Labute approximate surface area is 246 Å². The van der Waals surface area contributed by atoms with Gasteiger partial charge >= 0.3 is 13.3 Å². The SMILES string of the molecule is CC1(C)OB(O)c2sc(CC(=O)[C@@H](Cc3ccc(C(F)(F)F)cc3)NC(=O)[C@@H](N)CCC(=O)N(CCN)CCN)nc21. The number of carbonyl (C=O) groups is 3. The largest absolute Gasteiger partial charge is 0.504 e. The zero-order chi connectivity index (χ0) is 31.2. The van der Waals surface area contributed by atoms with Crippen LogP contribution in [0.5, 0.6) is 0 Å². The van der Waals surface area contributed by atoms with Crippen molar-refractivity contribution < 1.29 is 37.2 Å². The standard InChI is InChI=1S/C26H36BF3N6O5S/c1-25(2)22-23(27(40)41-25)42-20(35-22)14-19(37)18(13-15-3-5-16(6-4-15)26(28,29)30)34-24(39)17(33)7-8-21(38)36(11-9-31)12-10-32/h3-6,17-18,40H,7-14,31-33H2,1-2H3,(H,34,39)/t17-,18+/m0/s1. The van der Waals surface area contributed by atoms with Gasteiger partial charge in [-0.3, -0.25) is 14.4 Å². The first-order chi connectivity index (χ1) is 19.7. The van der Waals surface area contributed by atoms with E-state index in [0.29, 0.717) is 34.1 Å². The first kappa shape index (κ1) is 33.6. The fraction of sp³-hybridized carbons (Fsp3) is 0.538. The molecule has 1 aromatic heterocycles. The van der Waals surface area contributed by atoms with Crippen molar-refractivity contribution >= 4 is 40.8 Å². The molecule has 0 fully saturated rings. The van der Waals surface area contributed by atoms with Gasteiger partial charge in [0.15, 0.2) is 5.78 Å². The Bertz CT molecular complexity index is 1250. The molecule has 42 heavy (non-hydrogen) atoms. The molecule has 0 saturated heterocycles. The molecule has 1 aliphatic heterocycles. The van der Waals surface area contributed by atoms with Gasteiger partial charge in [-0.25, -0.2) is 4.98 Å². The monoisotopic (exact) mass is 612 g/mol. The van der Waals surface area contributed by atoms with Crippen LogP contribution in [0, 0.1) is 0 Å². The summed E-state index contributed by atoms with van der Waals surface area (Å²) < 4.78 is 45.0. The van der Waals surface area contributed by atoms with Crippen molar-refractivity contribution in [3.8, 4) is 0 Å². The fourth-order valence-electron chi connectivity index (χ4n) is 4.54. The summed E-state index contributed by atoms with van der Waals surface area (Å²) in [6.45, 7) is 4.58. The lowest BCUT2D eigenvalue weighted by Crippen LogP contribution is -2.50. The van der Waals surface area contributed by atoms with Gasteiger partial charge in [-0.1, -0.05) is 12.1 Å². The summed E-state index contributed by atoms with van der Waals surface area (Å²) in [7, 11) is -1.18. The van der Waals surface area contributed by atoms with Gasteiger partial charge in [0.05, 0.1) is 40.1 Å². The maximum Gasteiger partial charge on any atom is 0.504 e. The van der Waals surface area contributed by atoms with E-state index in [-0.39, 0.29) is 44.7 Å². The molecule has 3 rings (SSSR count). The predicted molar refractivity (Wildman–Crippen MR) is 152 cm³/mol. The van der Waals surface area contributed by atoms with Crippen molar-refractivity contribution in [2.45, 2.75) is 63.4 Å². The lowest BCUT2D eigenvalue weighted by atomic mass is 9.90. The number of nitrogens with one attached hydrogen (secondary N) is 1. The molecular formula is C26H36BF3N6O5S. The maximum absolute atomic E-state index is 13.4. The molecule has 0 saturated carbocycles. The molecule has 0 aliphatic carbocycles. The van der Waals surface area contributed by atoms with E-state index < -0.39 is 48.2 Å². The number of hydrogen-bond donors (Lipinski definition) is 5. The zero-order valence-corrected chi connectivity index (χ0v) is 24.3. The third-order valence-corrected chi connectivity index (χ3v) is 7.89. The number of fused-ring (bicyclic) bond motifs is 1. The van der Waals surface area contributed by atoms with Crippen molar-refractivity contribution in [1.82, 2.24) is 15.2 Å². The Balaban J connectivity index is 1.74. The van der Waals surface area contributed by atoms with E-state index in [0.717, 1.165) is 23.5 Å². The highest BCUT2D eigenvalue weighted by atomic mass is 32.1. The van der Waals surface area contributed by atoms with Crippen LogP contribution in [0.2, 0.25) is 0 Å². The Hall–Kier alpha value is -2.89. The van der Waals surface area contributed by atoms with E-state index in [1.807, 2.05) is 0 Å². The van der Waals surface area contributed by atoms with E-state index in [1.54, 1.807) is 13.8 Å². The van der Waals surface area contributed by atoms with Gasteiger partial charge in [-0.2, -0.15) is 13.2 Å². The number of nitrogens with two attached hydrogens (primary N) is 3. The second-order valence-corrected chi connectivity index (χ2v) is 11.6. The number of thiazole rings is 1. The summed E-state index contributed by atoms with van der Waals surface area (Å²) in [5.74, 6) is -1.41. The molecule has 230 valence electrons. The number of halogens is 3. The number of carbonyl (C=O) groups excluding carboxylic acids is 3. The highest BCUT2D eigenvalue weighted by Crippen LogP contribution is 2.32. The quantitative estimate of drug-likeness (QED) is 0.180. The minimum absolute atomic E-state index is 0.0102. The van der Waals surface area contributed by atoms with E-state index >= 15 is 0 Å². The Morgan fingerprint density at radius 1 is 1.17 bits per heavy atom. The molecule has 0 unspecified atom stereocenters. The van der Waals surface area contributed by atoms with Gasteiger partial charge in [0.25, 0.3) is 0 Å². The van der Waals surface area contributed by atoms with Crippen molar-refractivity contribution in [3.63, 3.8) is 0 Å². The fourth-order valence-corrected chi connectivity index (χ4v) is 5.69. The lowest BCUT2D eigenvalue weighted by molar-refractivity contribution is -0.137. The number of alkyl halides is 3. The molecule has 2 amide bonds. The smallest absolute Gasteiger partial charge is 0.422 e. The van der Waals surface area contributed by atoms with Crippen LogP contribution in [0.25, 0.3) is 0 Å². The average molecular weight is 612 g/mol. The summed E-state index contributed by atoms with van der Waals surface area (Å²) in [6, 6.07) is 2.01. The average Bonchev–Trinajstić information content (AvgIpc) is 3.43. The highest BCUT2D eigenvalue weighted by Gasteiger charge is 2.44. The molecular weight excluding hydrogens is 576 g/mol. The third-order valence-electron chi connectivity index (χ3n) is 6.81. The highest BCUT2D eigenvalue weighted by molar-refractivity contribution is 7.22. The normalized spacial score (nSPS) is 15.7. The van der Waals surface area contributed by atoms with Crippen LogP contribution in [0.1, 0.15) is 48.5 Å². The molecule has 1 aliphatic rings. The molecule has 2 heterocycles.